The molecule has 186 valence electrons. The Balaban J connectivity index is 1.59. The zero-order valence-corrected chi connectivity index (χ0v) is 20.3. The number of nitrogens with zero attached hydrogens (tertiary/aromatic N) is 5. The van der Waals surface area contributed by atoms with Gasteiger partial charge in [-0.15, -0.1) is 5.10 Å². The maximum Gasteiger partial charge on any atom is 0.344 e. The van der Waals surface area contributed by atoms with Crippen LogP contribution in [0.3, 0.4) is 0 Å². The SMILES string of the molecule is COc1cccc(C2c3c(c4ccccc4oc3=O)Oc3ncn4nc(-c5cccnc5)nc4c32)c1OC. The first-order chi connectivity index (χ1) is 18.7. The molecule has 1 aliphatic heterocycles. The third-order valence-corrected chi connectivity index (χ3v) is 6.63. The summed E-state index contributed by atoms with van der Waals surface area (Å²) in [5, 5.41) is 5.27. The van der Waals surface area contributed by atoms with Crippen LogP contribution >= 0.6 is 0 Å². The van der Waals surface area contributed by atoms with Gasteiger partial charge in [-0.3, -0.25) is 4.98 Å². The fourth-order valence-corrected chi connectivity index (χ4v) is 5.00. The summed E-state index contributed by atoms with van der Waals surface area (Å²) in [6.45, 7) is 0. The zero-order chi connectivity index (χ0) is 25.8. The molecule has 0 spiro atoms. The third kappa shape index (κ3) is 3.16. The number of rotatable bonds is 4. The average molecular weight is 505 g/mol. The van der Waals surface area contributed by atoms with Crippen molar-refractivity contribution in [2.24, 2.45) is 0 Å². The summed E-state index contributed by atoms with van der Waals surface area (Å²) in [7, 11) is 3.12. The van der Waals surface area contributed by atoms with E-state index >= 15 is 0 Å². The van der Waals surface area contributed by atoms with E-state index in [-0.39, 0.29) is 0 Å². The second kappa shape index (κ2) is 8.41. The van der Waals surface area contributed by atoms with Crippen molar-refractivity contribution in [1.29, 1.82) is 0 Å². The Morgan fingerprint density at radius 1 is 0.974 bits per heavy atom. The Bertz CT molecular complexity index is 1920. The highest BCUT2D eigenvalue weighted by Gasteiger charge is 2.39. The number of hydrogen-bond acceptors (Lipinski definition) is 9. The van der Waals surface area contributed by atoms with E-state index in [0.29, 0.717) is 62.3 Å². The van der Waals surface area contributed by atoms with E-state index in [1.54, 1.807) is 55.7 Å². The molecule has 2 aromatic carbocycles. The van der Waals surface area contributed by atoms with Gasteiger partial charge in [0.15, 0.2) is 28.7 Å². The van der Waals surface area contributed by atoms with Gasteiger partial charge in [0.1, 0.15) is 11.9 Å². The average Bonchev–Trinajstić information content (AvgIpc) is 3.41. The van der Waals surface area contributed by atoms with Crippen molar-refractivity contribution in [3.63, 3.8) is 0 Å². The van der Waals surface area contributed by atoms with Crippen molar-refractivity contribution in [1.82, 2.24) is 24.6 Å². The lowest BCUT2D eigenvalue weighted by atomic mass is 9.83. The number of para-hydroxylation sites is 2. The maximum atomic E-state index is 13.6. The molecule has 0 saturated heterocycles. The molecule has 1 atom stereocenters. The van der Waals surface area contributed by atoms with Gasteiger partial charge in [0, 0.05) is 23.5 Å². The molecule has 4 aromatic heterocycles. The fraction of sp³-hybridized carbons (Fsp3) is 0.107. The van der Waals surface area contributed by atoms with Gasteiger partial charge in [-0.25, -0.2) is 19.3 Å². The van der Waals surface area contributed by atoms with Crippen LogP contribution in [0, 0.1) is 0 Å². The van der Waals surface area contributed by atoms with Crippen molar-refractivity contribution in [3.8, 4) is 34.5 Å². The lowest BCUT2D eigenvalue weighted by Crippen LogP contribution is -2.22. The van der Waals surface area contributed by atoms with Crippen molar-refractivity contribution in [3.05, 3.63) is 100 Å². The van der Waals surface area contributed by atoms with Crippen LogP contribution in [0.4, 0.5) is 0 Å². The maximum absolute atomic E-state index is 13.6. The first-order valence-corrected chi connectivity index (χ1v) is 11.8. The van der Waals surface area contributed by atoms with E-state index in [2.05, 4.69) is 15.1 Å². The standard InChI is InChI=1S/C28H19N5O5/c1-35-19-11-5-9-17(23(19)36-2)20-21-24(16-8-3-4-10-18(16)37-28(21)34)38-27-22(20)26-31-25(32-33(26)14-30-27)15-7-6-12-29-13-15/h3-14,20H,1-2H3. The van der Waals surface area contributed by atoms with E-state index in [4.69, 9.17) is 23.6 Å². The highest BCUT2D eigenvalue weighted by molar-refractivity contribution is 5.87. The highest BCUT2D eigenvalue weighted by atomic mass is 16.5. The van der Waals surface area contributed by atoms with E-state index in [0.717, 1.165) is 5.56 Å². The molecule has 7 rings (SSSR count). The Labute approximate surface area is 215 Å². The van der Waals surface area contributed by atoms with E-state index in [1.165, 1.54) is 0 Å². The number of hydrogen-bond donors (Lipinski definition) is 0. The van der Waals surface area contributed by atoms with Gasteiger partial charge in [0.2, 0.25) is 5.88 Å². The minimum atomic E-state index is -0.707. The second-order valence-electron chi connectivity index (χ2n) is 8.65. The Morgan fingerprint density at radius 2 is 1.87 bits per heavy atom. The molecule has 0 fully saturated rings. The number of pyridine rings is 1. The molecule has 0 amide bonds. The second-order valence-corrected chi connectivity index (χ2v) is 8.65. The molecule has 0 radical (unpaired) electrons. The zero-order valence-electron chi connectivity index (χ0n) is 20.3. The summed E-state index contributed by atoms with van der Waals surface area (Å²) in [6.07, 6.45) is 4.91. The summed E-state index contributed by atoms with van der Waals surface area (Å²) < 4.78 is 25.0. The molecule has 0 aliphatic carbocycles. The number of fused-ring (bicyclic) bond motifs is 6. The molecular formula is C28H19N5O5. The van der Waals surface area contributed by atoms with Crippen LogP contribution in [0.25, 0.3) is 28.0 Å². The minimum absolute atomic E-state index is 0.306. The molecule has 1 aliphatic rings. The van der Waals surface area contributed by atoms with E-state index in [9.17, 15) is 4.79 Å². The third-order valence-electron chi connectivity index (χ3n) is 6.63. The van der Waals surface area contributed by atoms with Crippen LogP contribution in [0.15, 0.2) is 82.5 Å². The molecule has 10 heteroatoms. The molecule has 10 nitrogen and oxygen atoms in total. The number of methoxy groups -OCH3 is 2. The first kappa shape index (κ1) is 22.0. The van der Waals surface area contributed by atoms with Crippen LogP contribution < -0.4 is 19.8 Å². The monoisotopic (exact) mass is 505 g/mol. The van der Waals surface area contributed by atoms with Gasteiger partial charge < -0.3 is 18.6 Å². The number of aromatic nitrogens is 5. The van der Waals surface area contributed by atoms with Crippen LogP contribution in [0.2, 0.25) is 0 Å². The van der Waals surface area contributed by atoms with Gasteiger partial charge in [0.25, 0.3) is 0 Å². The molecule has 0 N–H and O–H groups in total. The van der Waals surface area contributed by atoms with Crippen LogP contribution in [0.1, 0.15) is 22.6 Å². The van der Waals surface area contributed by atoms with Gasteiger partial charge in [0.05, 0.1) is 36.7 Å². The lowest BCUT2D eigenvalue weighted by Gasteiger charge is -2.28. The van der Waals surface area contributed by atoms with E-state index in [1.807, 2.05) is 36.4 Å². The van der Waals surface area contributed by atoms with Crippen molar-refractivity contribution >= 4 is 16.6 Å². The van der Waals surface area contributed by atoms with E-state index < -0.39 is 11.5 Å². The highest BCUT2D eigenvalue weighted by Crippen LogP contribution is 2.51. The van der Waals surface area contributed by atoms with Crippen LogP contribution in [-0.4, -0.2) is 38.8 Å². The minimum Gasteiger partial charge on any atom is -0.493 e. The fourth-order valence-electron chi connectivity index (χ4n) is 5.00. The predicted octanol–water partition coefficient (Wildman–Crippen LogP) is 4.60. The summed E-state index contributed by atoms with van der Waals surface area (Å²) in [5.41, 5.74) is 2.62. The molecule has 0 bridgehead atoms. The van der Waals surface area contributed by atoms with Crippen LogP contribution in [-0.2, 0) is 0 Å². The van der Waals surface area contributed by atoms with Gasteiger partial charge in [-0.05, 0) is 30.3 Å². The van der Waals surface area contributed by atoms with Crippen LogP contribution in [0.5, 0.6) is 23.1 Å². The van der Waals surface area contributed by atoms with Crippen molar-refractivity contribution in [2.75, 3.05) is 14.2 Å². The Hall–Kier alpha value is -5.25. The van der Waals surface area contributed by atoms with Gasteiger partial charge in [-0.2, -0.15) is 0 Å². The van der Waals surface area contributed by atoms with Gasteiger partial charge >= 0.3 is 5.63 Å². The predicted molar refractivity (Wildman–Crippen MR) is 137 cm³/mol. The van der Waals surface area contributed by atoms with Crippen molar-refractivity contribution < 1.29 is 18.6 Å². The molecule has 5 heterocycles. The normalized spacial score (nSPS) is 14.1. The summed E-state index contributed by atoms with van der Waals surface area (Å²) in [5.74, 6) is 1.43. The Kier molecular flexibility index (Phi) is 4.87. The summed E-state index contributed by atoms with van der Waals surface area (Å²) >= 11 is 0. The first-order valence-electron chi connectivity index (χ1n) is 11.8. The Morgan fingerprint density at radius 3 is 2.68 bits per heavy atom. The summed E-state index contributed by atoms with van der Waals surface area (Å²) in [6, 6.07) is 16.4. The largest absolute Gasteiger partial charge is 0.493 e. The quantitative estimate of drug-likeness (QED) is 0.317. The van der Waals surface area contributed by atoms with Gasteiger partial charge in [-0.1, -0.05) is 24.3 Å². The molecule has 1 unspecified atom stereocenters. The van der Waals surface area contributed by atoms with Crippen molar-refractivity contribution in [2.45, 2.75) is 5.92 Å². The number of ether oxygens (including phenoxy) is 3. The topological polar surface area (TPSA) is 114 Å². The number of benzene rings is 2. The lowest BCUT2D eigenvalue weighted by molar-refractivity contribution is 0.349. The smallest absolute Gasteiger partial charge is 0.344 e. The molecule has 38 heavy (non-hydrogen) atoms. The molecular weight excluding hydrogens is 486 g/mol. The molecule has 6 aromatic rings. The summed E-state index contributed by atoms with van der Waals surface area (Å²) in [4.78, 5) is 27.2. The molecule has 0 saturated carbocycles.